The maximum absolute atomic E-state index is 12.4. The van der Waals surface area contributed by atoms with Crippen LogP contribution in [0.2, 0.25) is 0 Å². The summed E-state index contributed by atoms with van der Waals surface area (Å²) >= 11 is 5.94. The second kappa shape index (κ2) is 6.72. The van der Waals surface area contributed by atoms with Gasteiger partial charge in [-0.2, -0.15) is 0 Å². The van der Waals surface area contributed by atoms with E-state index in [1.165, 1.54) is 0 Å². The summed E-state index contributed by atoms with van der Waals surface area (Å²) in [6, 6.07) is 9.81. The van der Waals surface area contributed by atoms with Crippen LogP contribution in [-0.4, -0.2) is 10.9 Å². The minimum absolute atomic E-state index is 0.0566. The smallest absolute Gasteiger partial charge is 0.253 e. The first-order valence-corrected chi connectivity index (χ1v) is 7.45. The molecule has 0 fully saturated rings. The topological polar surface area (TPSA) is 42.0 Å². The first kappa shape index (κ1) is 15.5. The molecular weight excluding hydrogens is 284 g/mol. The van der Waals surface area contributed by atoms with E-state index in [9.17, 15) is 4.79 Å². The van der Waals surface area contributed by atoms with Crippen molar-refractivity contribution in [2.75, 3.05) is 0 Å². The zero-order chi connectivity index (χ0) is 15.4. The number of hydrogen-bond acceptors (Lipinski definition) is 2. The summed E-state index contributed by atoms with van der Waals surface area (Å²) in [5.74, 6) is 0.239. The fourth-order valence-corrected chi connectivity index (χ4v) is 2.69. The van der Waals surface area contributed by atoms with Gasteiger partial charge in [0.15, 0.2) is 0 Å². The van der Waals surface area contributed by atoms with Crippen LogP contribution >= 0.6 is 11.6 Å². The molecule has 21 heavy (non-hydrogen) atoms. The number of carbonyl (C=O) groups is 1. The highest BCUT2D eigenvalue weighted by molar-refractivity contribution is 6.17. The third-order valence-corrected chi connectivity index (χ3v) is 3.97. The van der Waals surface area contributed by atoms with Gasteiger partial charge in [0.25, 0.3) is 5.91 Å². The molecule has 0 saturated heterocycles. The summed E-state index contributed by atoms with van der Waals surface area (Å²) in [6.45, 7) is 5.78. The second-order valence-corrected chi connectivity index (χ2v) is 5.37. The second-order valence-electron chi connectivity index (χ2n) is 5.10. The number of benzene rings is 1. The Morgan fingerprint density at radius 2 is 1.95 bits per heavy atom. The number of nitrogens with one attached hydrogen (secondary N) is 1. The van der Waals surface area contributed by atoms with Gasteiger partial charge in [-0.25, -0.2) is 0 Å². The molecule has 2 aromatic rings. The van der Waals surface area contributed by atoms with E-state index in [1.807, 2.05) is 51.1 Å². The van der Waals surface area contributed by atoms with Crippen LogP contribution in [-0.2, 0) is 5.88 Å². The maximum Gasteiger partial charge on any atom is 0.253 e. The summed E-state index contributed by atoms with van der Waals surface area (Å²) in [4.78, 5) is 16.7. The summed E-state index contributed by atoms with van der Waals surface area (Å²) < 4.78 is 0. The predicted molar refractivity (Wildman–Crippen MR) is 85.6 cm³/mol. The molecule has 110 valence electrons. The maximum atomic E-state index is 12.4. The Morgan fingerprint density at radius 3 is 2.57 bits per heavy atom. The molecule has 0 bridgehead atoms. The highest BCUT2D eigenvalue weighted by Gasteiger charge is 2.16. The molecule has 1 N–H and O–H groups in total. The standard InChI is InChI=1S/C17H19ClN2O/c1-11-15(9-18)13(3)19-10-16(11)17(21)20-12(2)14-7-5-4-6-8-14/h4-8,10,12H,9H2,1-3H3,(H,20,21). The molecule has 0 saturated carbocycles. The van der Waals surface area contributed by atoms with Gasteiger partial charge in [0.1, 0.15) is 0 Å². The Bertz CT molecular complexity index is 641. The monoisotopic (exact) mass is 302 g/mol. The van der Waals surface area contributed by atoms with Crippen molar-refractivity contribution in [3.05, 3.63) is 64.5 Å². The van der Waals surface area contributed by atoms with Crippen molar-refractivity contribution in [3.63, 3.8) is 0 Å². The number of carbonyl (C=O) groups excluding carboxylic acids is 1. The van der Waals surface area contributed by atoms with Crippen molar-refractivity contribution in [1.29, 1.82) is 0 Å². The molecule has 0 aliphatic rings. The number of amides is 1. The Kier molecular flexibility index (Phi) is 4.97. The van der Waals surface area contributed by atoms with Crippen LogP contribution in [0, 0.1) is 13.8 Å². The third-order valence-electron chi connectivity index (χ3n) is 3.71. The SMILES string of the molecule is Cc1ncc(C(=O)NC(C)c2ccccc2)c(C)c1CCl. The molecule has 1 unspecified atom stereocenters. The lowest BCUT2D eigenvalue weighted by Crippen LogP contribution is -2.27. The zero-order valence-corrected chi connectivity index (χ0v) is 13.2. The number of pyridine rings is 1. The Hall–Kier alpha value is -1.87. The molecule has 1 atom stereocenters. The molecule has 1 amide bonds. The van der Waals surface area contributed by atoms with E-state index in [-0.39, 0.29) is 11.9 Å². The van der Waals surface area contributed by atoms with Gasteiger partial charge in [-0.3, -0.25) is 9.78 Å². The highest BCUT2D eigenvalue weighted by Crippen LogP contribution is 2.19. The largest absolute Gasteiger partial charge is 0.345 e. The molecular formula is C17H19ClN2O. The summed E-state index contributed by atoms with van der Waals surface area (Å²) in [5, 5.41) is 3.00. The normalized spacial score (nSPS) is 12.0. The van der Waals surface area contributed by atoms with Crippen molar-refractivity contribution in [3.8, 4) is 0 Å². The van der Waals surface area contributed by atoms with Crippen LogP contribution in [0.4, 0.5) is 0 Å². The van der Waals surface area contributed by atoms with Crippen LogP contribution < -0.4 is 5.32 Å². The van der Waals surface area contributed by atoms with E-state index in [1.54, 1.807) is 6.20 Å². The van der Waals surface area contributed by atoms with Crippen molar-refractivity contribution < 1.29 is 4.79 Å². The zero-order valence-electron chi connectivity index (χ0n) is 12.5. The fraction of sp³-hybridized carbons (Fsp3) is 0.294. The average Bonchev–Trinajstić information content (AvgIpc) is 2.48. The van der Waals surface area contributed by atoms with Gasteiger partial charge in [0.2, 0.25) is 0 Å². The molecule has 1 aromatic heterocycles. The Labute approximate surface area is 130 Å². The van der Waals surface area contributed by atoms with E-state index in [4.69, 9.17) is 11.6 Å². The van der Waals surface area contributed by atoms with Gasteiger partial charge in [-0.1, -0.05) is 30.3 Å². The van der Waals surface area contributed by atoms with Gasteiger partial charge in [0.05, 0.1) is 11.6 Å². The first-order valence-electron chi connectivity index (χ1n) is 6.91. The molecule has 4 heteroatoms. The molecule has 1 heterocycles. The molecule has 0 aliphatic carbocycles. The molecule has 1 aromatic carbocycles. The summed E-state index contributed by atoms with van der Waals surface area (Å²) in [7, 11) is 0. The molecule has 0 aliphatic heterocycles. The van der Waals surface area contributed by atoms with E-state index in [2.05, 4.69) is 10.3 Å². The van der Waals surface area contributed by atoms with Crippen LogP contribution in [0.3, 0.4) is 0 Å². The lowest BCUT2D eigenvalue weighted by atomic mass is 10.0. The number of alkyl halides is 1. The average molecular weight is 303 g/mol. The minimum Gasteiger partial charge on any atom is -0.345 e. The van der Waals surface area contributed by atoms with Crippen molar-refractivity contribution in [2.45, 2.75) is 32.7 Å². The number of aryl methyl sites for hydroxylation is 1. The van der Waals surface area contributed by atoms with Crippen molar-refractivity contribution in [2.24, 2.45) is 0 Å². The Balaban J connectivity index is 2.21. The lowest BCUT2D eigenvalue weighted by Gasteiger charge is -2.16. The lowest BCUT2D eigenvalue weighted by molar-refractivity contribution is 0.0939. The van der Waals surface area contributed by atoms with Gasteiger partial charge in [-0.15, -0.1) is 11.6 Å². The minimum atomic E-state index is -0.122. The van der Waals surface area contributed by atoms with E-state index in [0.29, 0.717) is 11.4 Å². The molecule has 3 nitrogen and oxygen atoms in total. The van der Waals surface area contributed by atoms with E-state index >= 15 is 0 Å². The van der Waals surface area contributed by atoms with Gasteiger partial charge < -0.3 is 5.32 Å². The number of rotatable bonds is 4. The van der Waals surface area contributed by atoms with Crippen LogP contribution in [0.15, 0.2) is 36.5 Å². The molecule has 2 rings (SSSR count). The first-order chi connectivity index (χ1) is 10.0. The fourth-order valence-electron chi connectivity index (χ4n) is 2.30. The number of nitrogens with zero attached hydrogens (tertiary/aromatic N) is 1. The highest BCUT2D eigenvalue weighted by atomic mass is 35.5. The van der Waals surface area contributed by atoms with Crippen molar-refractivity contribution >= 4 is 17.5 Å². The number of aromatic nitrogens is 1. The van der Waals surface area contributed by atoms with Gasteiger partial charge >= 0.3 is 0 Å². The number of halogens is 1. The third kappa shape index (κ3) is 3.42. The summed E-state index contributed by atoms with van der Waals surface area (Å²) in [5.41, 5.74) is 4.35. The van der Waals surface area contributed by atoms with Gasteiger partial charge in [-0.05, 0) is 37.5 Å². The van der Waals surface area contributed by atoms with E-state index < -0.39 is 0 Å². The predicted octanol–water partition coefficient (Wildman–Crippen LogP) is 3.93. The van der Waals surface area contributed by atoms with E-state index in [0.717, 1.165) is 22.4 Å². The van der Waals surface area contributed by atoms with Gasteiger partial charge in [0, 0.05) is 17.8 Å². The molecule has 0 spiro atoms. The van der Waals surface area contributed by atoms with Crippen LogP contribution in [0.25, 0.3) is 0 Å². The van der Waals surface area contributed by atoms with Crippen LogP contribution in [0.1, 0.15) is 45.7 Å². The van der Waals surface area contributed by atoms with Crippen LogP contribution in [0.5, 0.6) is 0 Å². The molecule has 0 radical (unpaired) electrons. The number of hydrogen-bond donors (Lipinski definition) is 1. The van der Waals surface area contributed by atoms with Crippen molar-refractivity contribution in [1.82, 2.24) is 10.3 Å². The Morgan fingerprint density at radius 1 is 1.29 bits per heavy atom. The summed E-state index contributed by atoms with van der Waals surface area (Å²) in [6.07, 6.45) is 1.62. The quantitative estimate of drug-likeness (QED) is 0.870.